The van der Waals surface area contributed by atoms with Crippen molar-refractivity contribution in [2.24, 2.45) is 0 Å². The van der Waals surface area contributed by atoms with Crippen LogP contribution in [0, 0.1) is 0 Å². The molecule has 0 aliphatic carbocycles. The summed E-state index contributed by atoms with van der Waals surface area (Å²) >= 11 is 0. The first-order chi connectivity index (χ1) is 40.4. The summed E-state index contributed by atoms with van der Waals surface area (Å²) < 4.78 is 30.4. The Morgan fingerprint density at radius 2 is 0.771 bits per heavy atom. The van der Waals surface area contributed by atoms with Crippen molar-refractivity contribution in [2.75, 3.05) is 40.9 Å². The number of nitrogens with zero attached hydrogens (tertiary/aromatic N) is 1. The summed E-state index contributed by atoms with van der Waals surface area (Å²) in [5, 5.41) is 3.03. The third-order valence-electron chi connectivity index (χ3n) is 15.0. The lowest BCUT2D eigenvalue weighted by molar-refractivity contribution is -0.870. The van der Waals surface area contributed by atoms with E-state index in [4.69, 9.17) is 13.8 Å². The van der Waals surface area contributed by atoms with Gasteiger partial charge in [-0.2, -0.15) is 0 Å². The molecule has 0 aliphatic heterocycles. The average molecular weight is 1180 g/mol. The van der Waals surface area contributed by atoms with Crippen LogP contribution in [-0.4, -0.2) is 69.4 Å². The van der Waals surface area contributed by atoms with Crippen LogP contribution in [0.2, 0.25) is 0 Å². The van der Waals surface area contributed by atoms with Gasteiger partial charge in [0.15, 0.2) is 0 Å². The predicted molar refractivity (Wildman–Crippen MR) is 358 cm³/mol. The van der Waals surface area contributed by atoms with Gasteiger partial charge in [0.05, 0.1) is 33.8 Å². The number of hydrogen-bond acceptors (Lipinski definition) is 7. The Bertz CT molecular complexity index is 1740. The van der Waals surface area contributed by atoms with Gasteiger partial charge in [0, 0.05) is 12.8 Å². The minimum atomic E-state index is -4.71. The van der Waals surface area contributed by atoms with E-state index in [2.05, 4.69) is 111 Å². The molecular weight excluding hydrogens is 1050 g/mol. The zero-order valence-electron chi connectivity index (χ0n) is 54.9. The summed E-state index contributed by atoms with van der Waals surface area (Å²) in [6.07, 6.45) is 83.8. The molecule has 0 aliphatic rings. The molecule has 0 rings (SSSR count). The summed E-state index contributed by atoms with van der Waals surface area (Å²) in [7, 11) is 1.17. The molecule has 0 saturated carbocycles. The molecule has 0 aromatic carbocycles. The van der Waals surface area contributed by atoms with Gasteiger partial charge < -0.3 is 28.5 Å². The first kappa shape index (κ1) is 79.9. The number of unbranched alkanes of at least 4 members (excludes halogenated alkanes) is 32. The van der Waals surface area contributed by atoms with E-state index in [0.717, 1.165) is 109 Å². The second kappa shape index (κ2) is 62.0. The largest absolute Gasteiger partial charge is 0.756 e. The van der Waals surface area contributed by atoms with Gasteiger partial charge in [-0.1, -0.05) is 279 Å². The fourth-order valence-electron chi connectivity index (χ4n) is 9.70. The van der Waals surface area contributed by atoms with Crippen molar-refractivity contribution in [1.29, 1.82) is 0 Å². The van der Waals surface area contributed by atoms with Crippen molar-refractivity contribution in [1.82, 2.24) is 5.32 Å². The van der Waals surface area contributed by atoms with Crippen LogP contribution in [0.4, 0.5) is 0 Å². The summed E-state index contributed by atoms with van der Waals surface area (Å²) in [4.78, 5) is 40.1. The van der Waals surface area contributed by atoms with Crippen molar-refractivity contribution < 1.29 is 37.3 Å². The van der Waals surface area contributed by atoms with E-state index in [-0.39, 0.29) is 24.9 Å². The molecule has 3 atom stereocenters. The summed E-state index contributed by atoms with van der Waals surface area (Å²) in [5.41, 5.74) is 0. The normalized spacial score (nSPS) is 14.2. The van der Waals surface area contributed by atoms with Crippen LogP contribution in [-0.2, 0) is 27.9 Å². The van der Waals surface area contributed by atoms with E-state index >= 15 is 0 Å². The van der Waals surface area contributed by atoms with Crippen molar-refractivity contribution in [3.8, 4) is 0 Å². The quantitative estimate of drug-likeness (QED) is 0.0212. The van der Waals surface area contributed by atoms with Crippen molar-refractivity contribution in [2.45, 2.75) is 315 Å². The minimum Gasteiger partial charge on any atom is -0.756 e. The maximum atomic E-state index is 13.6. The smallest absolute Gasteiger partial charge is 0.306 e. The van der Waals surface area contributed by atoms with Crippen LogP contribution in [0.1, 0.15) is 303 Å². The number of hydrogen-bond donors (Lipinski definition) is 1. The van der Waals surface area contributed by atoms with Gasteiger partial charge in [0.25, 0.3) is 7.82 Å². The molecule has 1 amide bonds. The molecule has 1 N–H and O–H groups in total. The zero-order valence-corrected chi connectivity index (χ0v) is 55.8. The molecule has 0 aromatic rings. The van der Waals surface area contributed by atoms with E-state index in [1.807, 2.05) is 33.3 Å². The number of quaternary nitrogens is 1. The highest BCUT2D eigenvalue weighted by Gasteiger charge is 2.27. The molecule has 83 heavy (non-hydrogen) atoms. The second-order valence-electron chi connectivity index (χ2n) is 24.3. The number of carbonyl (C=O) groups is 2. The Hall–Kier alpha value is -3.07. The van der Waals surface area contributed by atoms with Crippen molar-refractivity contribution >= 4 is 19.7 Å². The van der Waals surface area contributed by atoms with Crippen LogP contribution in [0.25, 0.3) is 0 Å². The van der Waals surface area contributed by atoms with E-state index in [0.29, 0.717) is 17.4 Å². The van der Waals surface area contributed by atoms with Gasteiger partial charge in [-0.3, -0.25) is 14.2 Å². The highest BCUT2D eigenvalue weighted by Crippen LogP contribution is 2.38. The molecule has 10 heteroatoms. The lowest BCUT2D eigenvalue weighted by Gasteiger charge is -2.30. The molecule has 0 saturated heterocycles. The second-order valence-corrected chi connectivity index (χ2v) is 25.7. The summed E-state index contributed by atoms with van der Waals surface area (Å²) in [5.74, 6) is -0.551. The molecule has 0 aromatic heterocycles. The minimum absolute atomic E-state index is 0.0278. The van der Waals surface area contributed by atoms with Crippen molar-refractivity contribution in [3.05, 3.63) is 97.2 Å². The third kappa shape index (κ3) is 63.3. The molecule has 0 spiro atoms. The van der Waals surface area contributed by atoms with Crippen molar-refractivity contribution in [3.63, 3.8) is 0 Å². The number of likely N-dealkylation sites (N-methyl/N-ethyl adjacent to an activating group) is 1. The standard InChI is InChI=1S/C73H131N2O7P/c1-7-10-13-16-19-22-25-27-29-31-33-34-35-36-37-38-39-40-42-43-45-47-50-53-56-59-62-65-72(76)74-70(69-81-83(78,79)80-68-67-75(4,5)6)71(64-61-58-55-52-49-24-21-18-15-12-9-3)82-73(77)66-63-60-57-54-51-48-46-44-41-32-30-28-26-23-20-17-14-11-8-2/h10,13,19,22,27-30,33-34,36-37,39-40,61,64,70-71H,7-9,11-12,14-18,20-21,23-26,31-32,35,38,41-60,62-63,65-69H2,1-6H3,(H-,74,76,78,79)/b13-10-,22-19-,29-27-,30-28+,34-33-,37-36-,40-39-,64-61-. The fraction of sp³-hybridized carbons (Fsp3) is 0.753. The number of ether oxygens (including phenoxy) is 1. The third-order valence-corrected chi connectivity index (χ3v) is 16.0. The predicted octanol–water partition coefficient (Wildman–Crippen LogP) is 21.3. The number of phosphoric acid groups is 1. The maximum absolute atomic E-state index is 13.6. The number of nitrogens with one attached hydrogen (secondary N) is 1. The number of rotatable bonds is 62. The molecule has 3 unspecified atom stereocenters. The van der Waals surface area contributed by atoms with Crippen LogP contribution in [0.5, 0.6) is 0 Å². The topological polar surface area (TPSA) is 114 Å². The number of phosphoric ester groups is 1. The zero-order chi connectivity index (χ0) is 60.7. The highest BCUT2D eigenvalue weighted by molar-refractivity contribution is 7.45. The lowest BCUT2D eigenvalue weighted by Crippen LogP contribution is -2.47. The number of allylic oxidation sites excluding steroid dienone is 15. The average Bonchev–Trinajstić information content (AvgIpc) is 3.51. The molecule has 9 nitrogen and oxygen atoms in total. The highest BCUT2D eigenvalue weighted by atomic mass is 31.2. The Labute approximate surface area is 513 Å². The van der Waals surface area contributed by atoms with Gasteiger partial charge in [0.1, 0.15) is 19.3 Å². The molecular formula is C73H131N2O7P. The number of carbonyl (C=O) groups excluding carboxylic acids is 2. The van der Waals surface area contributed by atoms with Gasteiger partial charge >= 0.3 is 5.97 Å². The number of esters is 1. The van der Waals surface area contributed by atoms with E-state index in [1.165, 1.54) is 161 Å². The van der Waals surface area contributed by atoms with Crippen LogP contribution in [0.3, 0.4) is 0 Å². The Balaban J connectivity index is 5.08. The summed E-state index contributed by atoms with van der Waals surface area (Å²) in [6.45, 7) is 6.73. The van der Waals surface area contributed by atoms with E-state index < -0.39 is 26.6 Å². The van der Waals surface area contributed by atoms with E-state index in [9.17, 15) is 19.0 Å². The Morgan fingerprint density at radius 1 is 0.434 bits per heavy atom. The number of amides is 1. The van der Waals surface area contributed by atoms with E-state index in [1.54, 1.807) is 0 Å². The van der Waals surface area contributed by atoms with Gasteiger partial charge in [-0.05, 0) is 109 Å². The molecule has 0 heterocycles. The molecule has 0 radical (unpaired) electrons. The first-order valence-corrected chi connectivity index (χ1v) is 36.0. The Morgan fingerprint density at radius 3 is 1.17 bits per heavy atom. The monoisotopic (exact) mass is 1180 g/mol. The maximum Gasteiger partial charge on any atom is 0.306 e. The first-order valence-electron chi connectivity index (χ1n) is 34.5. The van der Waals surface area contributed by atoms with Crippen LogP contribution < -0.4 is 10.2 Å². The summed E-state index contributed by atoms with van der Waals surface area (Å²) in [6, 6.07) is -0.899. The molecule has 480 valence electrons. The SMILES string of the molecule is CC/C=C\C/C=C\C/C=C\C/C=C\C/C=C\C/C=C\CCCCCCCCCCC(=O)NC(COP(=O)([O-])OCC[N+](C)(C)C)C(/C=C\CCCCCCCCCCC)OC(=O)CCCCCCCCCCC/C=C/CCCCCCCC. The Kier molecular flexibility index (Phi) is 59.7. The van der Waals surface area contributed by atoms with Gasteiger partial charge in [-0.15, -0.1) is 0 Å². The molecule has 0 bridgehead atoms. The van der Waals surface area contributed by atoms with Gasteiger partial charge in [0.2, 0.25) is 5.91 Å². The van der Waals surface area contributed by atoms with Gasteiger partial charge in [-0.25, -0.2) is 0 Å². The van der Waals surface area contributed by atoms with Crippen LogP contribution in [0.15, 0.2) is 97.2 Å². The molecule has 0 fully saturated rings. The van der Waals surface area contributed by atoms with Crippen LogP contribution >= 0.6 is 7.82 Å². The fourth-order valence-corrected chi connectivity index (χ4v) is 10.4. The lowest BCUT2D eigenvalue weighted by atomic mass is 10.0.